The zero-order valence-corrected chi connectivity index (χ0v) is 17.4. The van der Waals surface area contributed by atoms with Gasteiger partial charge in [0.25, 0.3) is 5.91 Å². The quantitative estimate of drug-likeness (QED) is 0.534. The van der Waals surface area contributed by atoms with E-state index in [4.69, 9.17) is 4.74 Å². The van der Waals surface area contributed by atoms with Crippen LogP contribution in [0.1, 0.15) is 51.8 Å². The van der Waals surface area contributed by atoms with Gasteiger partial charge in [0.2, 0.25) is 0 Å². The van der Waals surface area contributed by atoms with Crippen LogP contribution in [-0.4, -0.2) is 36.1 Å². The van der Waals surface area contributed by atoms with Gasteiger partial charge in [0, 0.05) is 30.1 Å². The van der Waals surface area contributed by atoms with Crippen LogP contribution in [0.25, 0.3) is 6.08 Å². The maximum atomic E-state index is 11.9. The second-order valence-corrected chi connectivity index (χ2v) is 7.33. The molecule has 1 amide bonds. The maximum absolute atomic E-state index is 11.9. The van der Waals surface area contributed by atoms with Gasteiger partial charge in [-0.25, -0.2) is 9.59 Å². The number of hydrogen-bond donors (Lipinski definition) is 1. The van der Waals surface area contributed by atoms with Crippen molar-refractivity contribution in [3.8, 4) is 0 Å². The van der Waals surface area contributed by atoms with E-state index in [0.717, 1.165) is 16.8 Å². The van der Waals surface area contributed by atoms with Crippen LogP contribution in [-0.2, 0) is 25.6 Å². The van der Waals surface area contributed by atoms with Crippen molar-refractivity contribution >= 4 is 23.9 Å². The molecule has 30 heavy (non-hydrogen) atoms. The summed E-state index contributed by atoms with van der Waals surface area (Å²) in [4.78, 5) is 35.3. The summed E-state index contributed by atoms with van der Waals surface area (Å²) in [6, 6.07) is 9.32. The maximum Gasteiger partial charge on any atom is 0.337 e. The molecule has 2 aromatic rings. The number of aromatic nitrogens is 1. The van der Waals surface area contributed by atoms with Crippen LogP contribution in [0.4, 0.5) is 0 Å². The van der Waals surface area contributed by atoms with E-state index in [9.17, 15) is 14.4 Å². The van der Waals surface area contributed by atoms with Gasteiger partial charge in [-0.2, -0.15) is 0 Å². The summed E-state index contributed by atoms with van der Waals surface area (Å²) in [5, 5.41) is 2.67. The van der Waals surface area contributed by atoms with Gasteiger partial charge >= 0.3 is 11.9 Å². The van der Waals surface area contributed by atoms with E-state index in [1.165, 1.54) is 31.7 Å². The lowest BCUT2D eigenvalue weighted by molar-refractivity contribution is -0.143. The average molecular weight is 410 g/mol. The van der Waals surface area contributed by atoms with Crippen LogP contribution in [0.3, 0.4) is 0 Å². The molecular formula is C23H26N2O5. The first kappa shape index (κ1) is 21.4. The summed E-state index contributed by atoms with van der Waals surface area (Å²) >= 11 is 0. The van der Waals surface area contributed by atoms with Crippen molar-refractivity contribution in [3.63, 3.8) is 0 Å². The molecule has 1 aliphatic rings. The van der Waals surface area contributed by atoms with Crippen LogP contribution < -0.4 is 5.32 Å². The summed E-state index contributed by atoms with van der Waals surface area (Å²) in [5.74, 6) is -1.38. The molecule has 1 heterocycles. The van der Waals surface area contributed by atoms with Gasteiger partial charge in [-0.1, -0.05) is 12.1 Å². The predicted molar refractivity (Wildman–Crippen MR) is 112 cm³/mol. The largest absolute Gasteiger partial charge is 0.465 e. The Hall–Kier alpha value is -3.35. The molecule has 1 N–H and O–H groups in total. The minimum absolute atomic E-state index is 0.265. The second kappa shape index (κ2) is 9.43. The lowest BCUT2D eigenvalue weighted by Gasteiger charge is -2.07. The Morgan fingerprint density at radius 2 is 1.87 bits per heavy atom. The summed E-state index contributed by atoms with van der Waals surface area (Å²) in [6.45, 7) is 4.02. The van der Waals surface area contributed by atoms with E-state index in [-0.39, 0.29) is 13.2 Å². The number of rotatable bonds is 8. The van der Waals surface area contributed by atoms with Crippen molar-refractivity contribution in [1.82, 2.24) is 9.88 Å². The molecule has 1 aliphatic carbocycles. The summed E-state index contributed by atoms with van der Waals surface area (Å²) in [7, 11) is 1.32. The summed E-state index contributed by atoms with van der Waals surface area (Å²) in [6.07, 6.45) is 5.47. The highest BCUT2D eigenvalue weighted by Gasteiger charge is 2.26. The third-order valence-corrected chi connectivity index (χ3v) is 5.04. The molecule has 0 saturated heterocycles. The fraction of sp³-hybridized carbons (Fsp3) is 0.348. The SMILES string of the molecule is COC(=O)c1ccc(CNC(=O)COC(=O)/C=C/c2cc(C)n(C3CC3)c2C)cc1. The number of nitrogens with one attached hydrogen (secondary N) is 1. The van der Waals surface area contributed by atoms with Gasteiger partial charge in [0.05, 0.1) is 12.7 Å². The van der Waals surface area contributed by atoms with E-state index in [1.54, 1.807) is 30.3 Å². The van der Waals surface area contributed by atoms with Crippen molar-refractivity contribution in [2.75, 3.05) is 13.7 Å². The fourth-order valence-corrected chi connectivity index (χ4v) is 3.34. The number of benzene rings is 1. The number of hydrogen-bond acceptors (Lipinski definition) is 5. The Morgan fingerprint density at radius 1 is 1.17 bits per heavy atom. The van der Waals surface area contributed by atoms with E-state index in [1.807, 2.05) is 6.92 Å². The van der Waals surface area contributed by atoms with E-state index in [0.29, 0.717) is 11.6 Å². The molecule has 0 radical (unpaired) electrons. The minimum Gasteiger partial charge on any atom is -0.465 e. The number of nitrogens with zero attached hydrogens (tertiary/aromatic N) is 1. The molecule has 158 valence electrons. The van der Waals surface area contributed by atoms with Crippen molar-refractivity contribution in [1.29, 1.82) is 0 Å². The first-order valence-electron chi connectivity index (χ1n) is 9.86. The van der Waals surface area contributed by atoms with Crippen molar-refractivity contribution in [3.05, 3.63) is 64.5 Å². The third-order valence-electron chi connectivity index (χ3n) is 5.04. The van der Waals surface area contributed by atoms with E-state index < -0.39 is 17.8 Å². The second-order valence-electron chi connectivity index (χ2n) is 7.33. The molecule has 1 aromatic heterocycles. The van der Waals surface area contributed by atoms with E-state index >= 15 is 0 Å². The lowest BCUT2D eigenvalue weighted by atomic mass is 10.1. The standard InChI is InChI=1S/C23H26N2O5/c1-15-12-19(16(2)25(15)20-9-10-20)8-11-22(27)30-14-21(26)24-13-17-4-6-18(7-5-17)23(28)29-3/h4-8,11-12,20H,9-10,13-14H2,1-3H3,(H,24,26)/b11-8+. The van der Waals surface area contributed by atoms with E-state index in [2.05, 4.69) is 27.6 Å². The van der Waals surface area contributed by atoms with Crippen LogP contribution >= 0.6 is 0 Å². The van der Waals surface area contributed by atoms with Gasteiger partial charge < -0.3 is 19.4 Å². The minimum atomic E-state index is -0.566. The molecule has 0 atom stereocenters. The Balaban J connectivity index is 1.43. The van der Waals surface area contributed by atoms with Crippen LogP contribution in [0.2, 0.25) is 0 Å². The molecular weight excluding hydrogens is 384 g/mol. The first-order chi connectivity index (χ1) is 14.4. The zero-order valence-electron chi connectivity index (χ0n) is 17.4. The topological polar surface area (TPSA) is 86.6 Å². The van der Waals surface area contributed by atoms with Crippen molar-refractivity contribution < 1.29 is 23.9 Å². The monoisotopic (exact) mass is 410 g/mol. The molecule has 0 bridgehead atoms. The average Bonchev–Trinajstić information content (AvgIpc) is 3.54. The molecule has 0 spiro atoms. The number of amides is 1. The van der Waals surface area contributed by atoms with Crippen molar-refractivity contribution in [2.45, 2.75) is 39.3 Å². The lowest BCUT2D eigenvalue weighted by Crippen LogP contribution is -2.28. The van der Waals surface area contributed by atoms with Crippen LogP contribution in [0, 0.1) is 13.8 Å². The van der Waals surface area contributed by atoms with Crippen LogP contribution in [0.5, 0.6) is 0 Å². The molecule has 1 fully saturated rings. The Morgan fingerprint density at radius 3 is 2.50 bits per heavy atom. The summed E-state index contributed by atoms with van der Waals surface area (Å²) < 4.78 is 12.0. The number of esters is 2. The molecule has 7 heteroatoms. The highest BCUT2D eigenvalue weighted by molar-refractivity contribution is 5.90. The van der Waals surface area contributed by atoms with Gasteiger partial charge in [-0.15, -0.1) is 0 Å². The Bertz CT molecular complexity index is 968. The fourth-order valence-electron chi connectivity index (χ4n) is 3.34. The highest BCUT2D eigenvalue weighted by Crippen LogP contribution is 2.38. The highest BCUT2D eigenvalue weighted by atomic mass is 16.5. The van der Waals surface area contributed by atoms with Crippen molar-refractivity contribution in [2.24, 2.45) is 0 Å². The van der Waals surface area contributed by atoms with Gasteiger partial charge in [-0.05, 0) is 62.1 Å². The van der Waals surface area contributed by atoms with Gasteiger partial charge in [0.15, 0.2) is 6.61 Å². The number of methoxy groups -OCH3 is 1. The number of carbonyl (C=O) groups is 3. The number of ether oxygens (including phenoxy) is 2. The molecule has 0 aliphatic heterocycles. The number of carbonyl (C=O) groups excluding carboxylic acids is 3. The van der Waals surface area contributed by atoms with Gasteiger partial charge in [0.1, 0.15) is 0 Å². The predicted octanol–water partition coefficient (Wildman–Crippen LogP) is 3.10. The molecule has 0 unspecified atom stereocenters. The molecule has 1 saturated carbocycles. The third kappa shape index (κ3) is 5.37. The Kier molecular flexibility index (Phi) is 6.72. The molecule has 3 rings (SSSR count). The molecule has 7 nitrogen and oxygen atoms in total. The number of aryl methyl sites for hydroxylation is 1. The van der Waals surface area contributed by atoms with Gasteiger partial charge in [-0.3, -0.25) is 4.79 Å². The zero-order chi connectivity index (χ0) is 21.7. The summed E-state index contributed by atoms with van der Waals surface area (Å²) in [5.41, 5.74) is 4.55. The normalized spacial score (nSPS) is 13.3. The first-order valence-corrected chi connectivity index (χ1v) is 9.86. The smallest absolute Gasteiger partial charge is 0.337 e. The van der Waals surface area contributed by atoms with Crippen LogP contribution in [0.15, 0.2) is 36.4 Å². The molecule has 1 aromatic carbocycles. The Labute approximate surface area is 175 Å².